The molecule has 6 nitrogen and oxygen atoms in total. The summed E-state index contributed by atoms with van der Waals surface area (Å²) in [5, 5.41) is 6.91. The molecule has 1 aromatic rings. The Bertz CT molecular complexity index is 474. The van der Waals surface area contributed by atoms with Crippen molar-refractivity contribution in [1.29, 1.82) is 0 Å². The van der Waals surface area contributed by atoms with E-state index < -0.39 is 17.3 Å². The van der Waals surface area contributed by atoms with Crippen molar-refractivity contribution in [1.82, 2.24) is 15.1 Å². The lowest BCUT2D eigenvalue weighted by molar-refractivity contribution is -0.156. The van der Waals surface area contributed by atoms with Crippen LogP contribution < -0.4 is 5.32 Å². The van der Waals surface area contributed by atoms with Gasteiger partial charge in [-0.2, -0.15) is 5.10 Å². The van der Waals surface area contributed by atoms with Gasteiger partial charge in [-0.05, 0) is 18.4 Å². The molecule has 1 rings (SSSR count). The van der Waals surface area contributed by atoms with Crippen LogP contribution in [0.25, 0.3) is 0 Å². The van der Waals surface area contributed by atoms with Crippen LogP contribution in [0.15, 0.2) is 12.3 Å². The number of esters is 1. The Morgan fingerprint density at radius 1 is 1.45 bits per heavy atom. The highest BCUT2D eigenvalue weighted by Gasteiger charge is 2.38. The maximum atomic E-state index is 12.2. The normalized spacial score (nSPS) is 12.8. The SMILES string of the molecule is CCOC(=O)C(C(=O)NCc1ccn(C)n1)C(C)(C)C. The zero-order valence-corrected chi connectivity index (χ0v) is 12.8. The van der Waals surface area contributed by atoms with Crippen LogP contribution in [-0.4, -0.2) is 28.3 Å². The van der Waals surface area contributed by atoms with E-state index in [4.69, 9.17) is 4.74 Å². The molecule has 1 unspecified atom stereocenters. The monoisotopic (exact) mass is 281 g/mol. The first-order valence-corrected chi connectivity index (χ1v) is 6.68. The van der Waals surface area contributed by atoms with Crippen LogP contribution in [0.3, 0.4) is 0 Å². The van der Waals surface area contributed by atoms with Gasteiger partial charge in [0, 0.05) is 13.2 Å². The molecule has 1 atom stereocenters. The third-order valence-electron chi connectivity index (χ3n) is 2.86. The van der Waals surface area contributed by atoms with Crippen LogP contribution in [0.4, 0.5) is 0 Å². The van der Waals surface area contributed by atoms with E-state index in [1.165, 1.54) is 0 Å². The molecule has 0 fully saturated rings. The second-order valence-corrected chi connectivity index (χ2v) is 5.75. The van der Waals surface area contributed by atoms with E-state index >= 15 is 0 Å². The molecule has 0 spiro atoms. The quantitative estimate of drug-likeness (QED) is 0.651. The summed E-state index contributed by atoms with van der Waals surface area (Å²) in [5.41, 5.74) is 0.248. The van der Waals surface area contributed by atoms with E-state index in [1.807, 2.05) is 33.9 Å². The predicted octanol–water partition coefficient (Wildman–Crippen LogP) is 1.26. The third-order valence-corrected chi connectivity index (χ3v) is 2.86. The molecule has 0 saturated carbocycles. The molecule has 0 aliphatic heterocycles. The minimum absolute atomic E-state index is 0.263. The van der Waals surface area contributed by atoms with Crippen LogP contribution in [0.5, 0.6) is 0 Å². The standard InChI is InChI=1S/C14H23N3O3/c1-6-20-13(19)11(14(2,3)4)12(18)15-9-10-7-8-17(5)16-10/h7-8,11H,6,9H2,1-5H3,(H,15,18). The first kappa shape index (κ1) is 16.2. The van der Waals surface area contributed by atoms with Crippen LogP contribution in [-0.2, 0) is 27.9 Å². The summed E-state index contributed by atoms with van der Waals surface area (Å²) in [6.07, 6.45) is 1.80. The van der Waals surface area contributed by atoms with Crippen molar-refractivity contribution in [2.75, 3.05) is 6.61 Å². The Labute approximate surface area is 119 Å². The number of ether oxygens (including phenoxy) is 1. The van der Waals surface area contributed by atoms with Crippen LogP contribution in [0.2, 0.25) is 0 Å². The molecule has 0 bridgehead atoms. The first-order chi connectivity index (χ1) is 9.25. The number of nitrogens with zero attached hydrogens (tertiary/aromatic N) is 2. The van der Waals surface area contributed by atoms with E-state index in [1.54, 1.807) is 17.8 Å². The molecule has 0 radical (unpaired) electrons. The Morgan fingerprint density at radius 3 is 2.55 bits per heavy atom. The fourth-order valence-electron chi connectivity index (χ4n) is 1.92. The molecule has 1 heterocycles. The number of rotatable bonds is 5. The van der Waals surface area contributed by atoms with Crippen molar-refractivity contribution in [2.24, 2.45) is 18.4 Å². The summed E-state index contributed by atoms with van der Waals surface area (Å²) >= 11 is 0. The fourth-order valence-corrected chi connectivity index (χ4v) is 1.92. The largest absolute Gasteiger partial charge is 0.465 e. The molecule has 0 saturated heterocycles. The third kappa shape index (κ3) is 4.36. The molecular weight excluding hydrogens is 258 g/mol. The van der Waals surface area contributed by atoms with Crippen molar-refractivity contribution < 1.29 is 14.3 Å². The topological polar surface area (TPSA) is 73.2 Å². The lowest BCUT2D eigenvalue weighted by Gasteiger charge is -2.27. The number of aryl methyl sites for hydroxylation is 1. The van der Waals surface area contributed by atoms with Gasteiger partial charge in [0.25, 0.3) is 0 Å². The van der Waals surface area contributed by atoms with E-state index in [0.717, 1.165) is 5.69 Å². The molecule has 6 heteroatoms. The molecule has 1 amide bonds. The van der Waals surface area contributed by atoms with Gasteiger partial charge in [-0.1, -0.05) is 20.8 Å². The summed E-state index contributed by atoms with van der Waals surface area (Å²) in [5.74, 6) is -1.65. The number of amides is 1. The maximum absolute atomic E-state index is 12.2. The fraction of sp³-hybridized carbons (Fsp3) is 0.643. The van der Waals surface area contributed by atoms with Gasteiger partial charge >= 0.3 is 5.97 Å². The van der Waals surface area contributed by atoms with E-state index in [-0.39, 0.29) is 12.5 Å². The van der Waals surface area contributed by atoms with E-state index in [2.05, 4.69) is 10.4 Å². The van der Waals surface area contributed by atoms with Gasteiger partial charge in [-0.15, -0.1) is 0 Å². The Balaban J connectivity index is 2.71. The number of carbonyl (C=O) groups is 2. The predicted molar refractivity (Wildman–Crippen MR) is 74.6 cm³/mol. The highest BCUT2D eigenvalue weighted by atomic mass is 16.5. The van der Waals surface area contributed by atoms with Gasteiger partial charge in [0.2, 0.25) is 5.91 Å². The Hall–Kier alpha value is -1.85. The van der Waals surface area contributed by atoms with E-state index in [0.29, 0.717) is 6.54 Å². The first-order valence-electron chi connectivity index (χ1n) is 6.68. The van der Waals surface area contributed by atoms with Crippen molar-refractivity contribution in [3.63, 3.8) is 0 Å². The average molecular weight is 281 g/mol. The average Bonchev–Trinajstić information content (AvgIpc) is 2.71. The number of aromatic nitrogens is 2. The van der Waals surface area contributed by atoms with Gasteiger partial charge < -0.3 is 10.1 Å². The van der Waals surface area contributed by atoms with Gasteiger partial charge in [0.1, 0.15) is 5.92 Å². The summed E-state index contributed by atoms with van der Waals surface area (Å²) in [7, 11) is 1.81. The van der Waals surface area contributed by atoms with Crippen molar-refractivity contribution >= 4 is 11.9 Å². The smallest absolute Gasteiger partial charge is 0.319 e. The Kier molecular flexibility index (Phi) is 5.30. The lowest BCUT2D eigenvalue weighted by Crippen LogP contribution is -2.43. The van der Waals surface area contributed by atoms with Crippen molar-refractivity contribution in [2.45, 2.75) is 34.2 Å². The second kappa shape index (κ2) is 6.54. The van der Waals surface area contributed by atoms with Crippen molar-refractivity contribution in [3.05, 3.63) is 18.0 Å². The molecule has 1 N–H and O–H groups in total. The van der Waals surface area contributed by atoms with E-state index in [9.17, 15) is 9.59 Å². The van der Waals surface area contributed by atoms with Crippen LogP contribution >= 0.6 is 0 Å². The molecular formula is C14H23N3O3. The number of hydrogen-bond donors (Lipinski definition) is 1. The highest BCUT2D eigenvalue weighted by Crippen LogP contribution is 2.27. The number of nitrogens with one attached hydrogen (secondary N) is 1. The van der Waals surface area contributed by atoms with Crippen molar-refractivity contribution in [3.8, 4) is 0 Å². The molecule has 0 aliphatic carbocycles. The molecule has 1 aromatic heterocycles. The van der Waals surface area contributed by atoms with Gasteiger partial charge in [-0.25, -0.2) is 0 Å². The minimum Gasteiger partial charge on any atom is -0.465 e. The number of carbonyl (C=O) groups excluding carboxylic acids is 2. The maximum Gasteiger partial charge on any atom is 0.319 e. The minimum atomic E-state index is -0.828. The van der Waals surface area contributed by atoms with Gasteiger partial charge in [0.05, 0.1) is 18.8 Å². The molecule has 0 aromatic carbocycles. The van der Waals surface area contributed by atoms with Gasteiger partial charge in [0.15, 0.2) is 0 Å². The Morgan fingerprint density at radius 2 is 2.10 bits per heavy atom. The summed E-state index contributed by atoms with van der Waals surface area (Å²) in [6, 6.07) is 1.82. The summed E-state index contributed by atoms with van der Waals surface area (Å²) in [6.45, 7) is 7.81. The van der Waals surface area contributed by atoms with Crippen LogP contribution in [0.1, 0.15) is 33.4 Å². The zero-order valence-electron chi connectivity index (χ0n) is 12.8. The number of hydrogen-bond acceptors (Lipinski definition) is 4. The molecule has 20 heavy (non-hydrogen) atoms. The molecule has 112 valence electrons. The second-order valence-electron chi connectivity index (χ2n) is 5.75. The van der Waals surface area contributed by atoms with Gasteiger partial charge in [-0.3, -0.25) is 14.3 Å². The highest BCUT2D eigenvalue weighted by molar-refractivity contribution is 5.98. The summed E-state index contributed by atoms with van der Waals surface area (Å²) in [4.78, 5) is 24.2. The lowest BCUT2D eigenvalue weighted by atomic mass is 9.80. The summed E-state index contributed by atoms with van der Waals surface area (Å²) < 4.78 is 6.65. The zero-order chi connectivity index (χ0) is 15.3. The van der Waals surface area contributed by atoms with Crippen LogP contribution in [0, 0.1) is 11.3 Å². The molecule has 0 aliphatic rings.